The molecule has 0 aliphatic carbocycles. The molecule has 9 rings (SSSR count). The molecule has 16 nitrogen and oxygen atoms in total. The molecule has 2 aromatic heterocycles. The predicted octanol–water partition coefficient (Wildman–Crippen LogP) is 4.90. The molecule has 68 heavy (non-hydrogen) atoms. The number of esters is 1. The largest absolute Gasteiger partial charge is 0.508 e. The third kappa shape index (κ3) is 8.98. The van der Waals surface area contributed by atoms with Crippen LogP contribution in [-0.2, 0) is 52.8 Å². The summed E-state index contributed by atoms with van der Waals surface area (Å²) >= 11 is 0. The van der Waals surface area contributed by atoms with Crippen LogP contribution in [0.5, 0.6) is 5.75 Å². The molecule has 2 aromatic carbocycles. The summed E-state index contributed by atoms with van der Waals surface area (Å²) in [5, 5.41) is 19.9. The number of ether oxygens (including phenoxy) is 2. The molecule has 5 aliphatic heterocycles. The number of fused-ring (bicyclic) bond motifs is 6. The average Bonchev–Trinajstić information content (AvgIpc) is 3.92. The van der Waals surface area contributed by atoms with Gasteiger partial charge in [0.15, 0.2) is 0 Å². The number of aryl methyl sites for hydroxylation is 1. The van der Waals surface area contributed by atoms with Gasteiger partial charge in [-0.05, 0) is 111 Å². The van der Waals surface area contributed by atoms with Gasteiger partial charge in [0.2, 0.25) is 17.7 Å². The van der Waals surface area contributed by atoms with Crippen LogP contribution in [0, 0.1) is 16.7 Å². The van der Waals surface area contributed by atoms with E-state index in [1.165, 1.54) is 5.01 Å². The number of rotatable bonds is 9. The highest BCUT2D eigenvalue weighted by molar-refractivity contribution is 5.97. The Kier molecular flexibility index (Phi) is 12.9. The van der Waals surface area contributed by atoms with E-state index in [9.17, 15) is 29.1 Å². The van der Waals surface area contributed by atoms with Crippen LogP contribution in [-0.4, -0.2) is 130 Å². The molecule has 4 fully saturated rings. The van der Waals surface area contributed by atoms with Gasteiger partial charge >= 0.3 is 5.97 Å². The van der Waals surface area contributed by atoms with Gasteiger partial charge in [-0.1, -0.05) is 39.8 Å². The first-order chi connectivity index (χ1) is 32.5. The topological polar surface area (TPSA) is 198 Å². The Morgan fingerprint density at radius 1 is 1.03 bits per heavy atom. The molecule has 1 spiro atoms. The van der Waals surface area contributed by atoms with E-state index in [-0.39, 0.29) is 55.2 Å². The molecule has 7 heterocycles. The Morgan fingerprint density at radius 2 is 1.81 bits per heavy atom. The zero-order chi connectivity index (χ0) is 48.2. The maximum Gasteiger partial charge on any atom is 0.324 e. The number of amides is 4. The van der Waals surface area contributed by atoms with Crippen molar-refractivity contribution in [1.29, 1.82) is 0 Å². The highest BCUT2D eigenvalue weighted by atomic mass is 16.5. The van der Waals surface area contributed by atoms with Crippen LogP contribution in [0.4, 0.5) is 0 Å². The minimum atomic E-state index is -1.14. The van der Waals surface area contributed by atoms with Gasteiger partial charge in [0.1, 0.15) is 23.9 Å². The van der Waals surface area contributed by atoms with Crippen molar-refractivity contribution < 1.29 is 38.6 Å². The molecule has 4 saturated heterocycles. The first kappa shape index (κ1) is 47.2. The number of phenolic OH excluding ortho intramolecular Hbond substituents is 1. The van der Waals surface area contributed by atoms with E-state index >= 15 is 0 Å². The van der Waals surface area contributed by atoms with E-state index < -0.39 is 46.7 Å². The zero-order valence-electron chi connectivity index (χ0n) is 40.4. The van der Waals surface area contributed by atoms with Gasteiger partial charge in [-0.15, -0.1) is 0 Å². The maximum absolute atomic E-state index is 14.8. The number of phenols is 1. The summed E-state index contributed by atoms with van der Waals surface area (Å²) in [6.45, 7) is 14.9. The minimum Gasteiger partial charge on any atom is -0.508 e. The fourth-order valence-electron chi connectivity index (χ4n) is 11.1. The van der Waals surface area contributed by atoms with Crippen molar-refractivity contribution in [3.05, 3.63) is 71.5 Å². The molecule has 0 unspecified atom stereocenters. The number of nitrogens with zero attached hydrogens (tertiary/aromatic N) is 5. The second kappa shape index (κ2) is 18.6. The van der Waals surface area contributed by atoms with E-state index in [4.69, 9.17) is 14.5 Å². The number of methoxy groups -OCH3 is 1. The Balaban J connectivity index is 1.10. The molecule has 4 aromatic rings. The summed E-state index contributed by atoms with van der Waals surface area (Å²) in [6.07, 6.45) is 4.08. The number of benzene rings is 2. The first-order valence-corrected chi connectivity index (χ1v) is 24.4. The predicted molar refractivity (Wildman–Crippen MR) is 256 cm³/mol. The molecular weight excluding hydrogens is 865 g/mol. The molecule has 5 aliphatic rings. The number of carbonyl (C=O) groups is 5. The van der Waals surface area contributed by atoms with E-state index in [2.05, 4.69) is 59.6 Å². The van der Waals surface area contributed by atoms with Gasteiger partial charge < -0.3 is 39.6 Å². The van der Waals surface area contributed by atoms with Crippen molar-refractivity contribution in [2.75, 3.05) is 46.4 Å². The van der Waals surface area contributed by atoms with Crippen LogP contribution in [0.2, 0.25) is 0 Å². The molecule has 4 amide bonds. The lowest BCUT2D eigenvalue weighted by atomic mass is 9.84. The van der Waals surface area contributed by atoms with Crippen molar-refractivity contribution >= 4 is 40.5 Å². The van der Waals surface area contributed by atoms with Gasteiger partial charge in [0, 0.05) is 80.9 Å². The van der Waals surface area contributed by atoms with Gasteiger partial charge in [0.25, 0.3) is 5.91 Å². The second-order valence-electron chi connectivity index (χ2n) is 20.7. The standard InChI is InChI=1S/C52H66N8O8/c1-8-58-42-14-13-33-25-37(42)38(45(58)36-11-9-17-53-43(36)31(4)67-7)26-51(5,6)29-68-49(65)39-12-10-18-60(56-39)48(64)40(23-32-21-34(33)24-35(61)22-32)55-46(62)44(30(2)3)59-20-16-52(50(59)66)15-19-57(28-52)47(63)41-27-54-41/h9,11,13-14,17,21-22,24-25,30-31,39-41,44,54,56,61H,8,10,12,15-16,18-20,23,26-29H2,1-7H3,(H,55,62)/t31-,39-,40-,41+,44-,52+/m0/s1. The number of hydrogen-bond acceptors (Lipinski definition) is 11. The summed E-state index contributed by atoms with van der Waals surface area (Å²) in [5.74, 6) is -1.84. The lowest BCUT2D eigenvalue weighted by Crippen LogP contribution is -2.62. The van der Waals surface area contributed by atoms with Crippen LogP contribution in [0.3, 0.4) is 0 Å². The molecule has 16 heteroatoms. The highest BCUT2D eigenvalue weighted by Gasteiger charge is 2.55. The molecule has 0 radical (unpaired) electrons. The Labute approximate surface area is 398 Å². The number of cyclic esters (lactones) is 1. The SMILES string of the molecule is CCn1c(-c2cccnc2[C@H](C)OC)c2c3cc(ccc31)-c1cc(O)cc(c1)C[C@H](NC(=O)[C@H](C(C)C)N1CC[C@@]3(CCN(C(=O)[C@H]4CN4)C3)C1=O)C(=O)N1CCC[C@H](N1)C(=O)OCC(C)(C)C2. The number of likely N-dealkylation sites (tertiary alicyclic amines) is 2. The number of aromatic nitrogens is 2. The maximum atomic E-state index is 14.8. The second-order valence-corrected chi connectivity index (χ2v) is 20.7. The summed E-state index contributed by atoms with van der Waals surface area (Å²) < 4.78 is 14.2. The molecule has 4 N–H and O–H groups in total. The van der Waals surface area contributed by atoms with Crippen LogP contribution in [0.1, 0.15) is 90.2 Å². The fraction of sp³-hybridized carbons (Fsp3) is 0.538. The lowest BCUT2D eigenvalue weighted by molar-refractivity contribution is -0.155. The van der Waals surface area contributed by atoms with Crippen molar-refractivity contribution in [3.63, 3.8) is 0 Å². The van der Waals surface area contributed by atoms with E-state index in [0.717, 1.165) is 44.5 Å². The first-order valence-electron chi connectivity index (χ1n) is 24.4. The monoisotopic (exact) mass is 931 g/mol. The molecule has 0 saturated carbocycles. The van der Waals surface area contributed by atoms with Crippen molar-refractivity contribution in [1.82, 2.24) is 40.4 Å². The number of nitrogens with one attached hydrogen (secondary N) is 3. The van der Waals surface area contributed by atoms with Gasteiger partial charge in [-0.25, -0.2) is 5.43 Å². The van der Waals surface area contributed by atoms with Crippen molar-refractivity contribution in [2.45, 2.75) is 117 Å². The smallest absolute Gasteiger partial charge is 0.324 e. The number of aromatic hydroxyl groups is 1. The van der Waals surface area contributed by atoms with Gasteiger partial charge in [-0.2, -0.15) is 0 Å². The Bertz CT molecular complexity index is 2640. The van der Waals surface area contributed by atoms with Crippen LogP contribution >= 0.6 is 0 Å². The Morgan fingerprint density at radius 3 is 2.54 bits per heavy atom. The van der Waals surface area contributed by atoms with E-state index in [0.29, 0.717) is 70.4 Å². The van der Waals surface area contributed by atoms with Crippen LogP contribution in [0.25, 0.3) is 33.3 Å². The van der Waals surface area contributed by atoms with Gasteiger partial charge in [-0.3, -0.25) is 34.0 Å². The molecule has 6 bridgehead atoms. The third-order valence-corrected chi connectivity index (χ3v) is 14.8. The number of hydrogen-bond donors (Lipinski definition) is 4. The lowest BCUT2D eigenvalue weighted by Gasteiger charge is -2.37. The van der Waals surface area contributed by atoms with Gasteiger partial charge in [0.05, 0.1) is 35.6 Å². The van der Waals surface area contributed by atoms with E-state index in [1.807, 2.05) is 39.0 Å². The van der Waals surface area contributed by atoms with Crippen LogP contribution < -0.4 is 16.1 Å². The number of hydrazine groups is 1. The zero-order valence-corrected chi connectivity index (χ0v) is 40.4. The number of carbonyl (C=O) groups excluding carboxylic acids is 5. The quantitative estimate of drug-likeness (QED) is 0.132. The van der Waals surface area contributed by atoms with E-state index in [1.54, 1.807) is 35.2 Å². The third-order valence-electron chi connectivity index (χ3n) is 14.8. The normalized spacial score (nSPS) is 24.9. The van der Waals surface area contributed by atoms with Crippen molar-refractivity contribution in [2.24, 2.45) is 16.7 Å². The summed E-state index contributed by atoms with van der Waals surface area (Å²) in [6, 6.07) is 12.5. The average molecular weight is 931 g/mol. The summed E-state index contributed by atoms with van der Waals surface area (Å²) in [7, 11) is 1.68. The Hall–Kier alpha value is -5.84. The fourth-order valence-corrected chi connectivity index (χ4v) is 11.1. The summed E-state index contributed by atoms with van der Waals surface area (Å²) in [4.78, 5) is 79.1. The summed E-state index contributed by atoms with van der Waals surface area (Å²) in [5.41, 5.74) is 8.87. The van der Waals surface area contributed by atoms with Crippen LogP contribution in [0.15, 0.2) is 54.7 Å². The molecule has 6 atom stereocenters. The number of pyridine rings is 1. The molecular formula is C52H66N8O8. The highest BCUT2D eigenvalue weighted by Crippen LogP contribution is 2.44. The minimum absolute atomic E-state index is 0.000244. The van der Waals surface area contributed by atoms with Crippen molar-refractivity contribution in [3.8, 4) is 28.1 Å². The molecule has 362 valence electrons.